The number of benzene rings is 1. The van der Waals surface area contributed by atoms with E-state index in [2.05, 4.69) is 5.32 Å². The second-order valence-corrected chi connectivity index (χ2v) is 5.52. The molecule has 2 unspecified atom stereocenters. The highest BCUT2D eigenvalue weighted by molar-refractivity contribution is 6.21. The van der Waals surface area contributed by atoms with Gasteiger partial charge in [0.25, 0.3) is 5.91 Å². The molecule has 0 spiro atoms. The van der Waals surface area contributed by atoms with E-state index in [4.69, 9.17) is 11.6 Å². The normalized spacial score (nSPS) is 23.4. The first kappa shape index (κ1) is 15.2. The Morgan fingerprint density at radius 3 is 2.60 bits per heavy atom. The first-order valence-corrected chi connectivity index (χ1v) is 6.94. The van der Waals surface area contributed by atoms with Crippen LogP contribution in [0.15, 0.2) is 24.3 Å². The maximum Gasteiger partial charge on any atom is 0.416 e. The van der Waals surface area contributed by atoms with E-state index in [1.54, 1.807) is 0 Å². The lowest BCUT2D eigenvalue weighted by Crippen LogP contribution is -2.42. The summed E-state index contributed by atoms with van der Waals surface area (Å²) in [7, 11) is 0. The highest BCUT2D eigenvalue weighted by Crippen LogP contribution is 2.29. The summed E-state index contributed by atoms with van der Waals surface area (Å²) in [5.74, 6) is -0.506. The van der Waals surface area contributed by atoms with Crippen LogP contribution >= 0.6 is 11.6 Å². The Labute approximate surface area is 120 Å². The number of alkyl halides is 4. The Kier molecular flexibility index (Phi) is 4.58. The molecule has 1 saturated carbocycles. The van der Waals surface area contributed by atoms with Crippen molar-refractivity contribution in [1.29, 1.82) is 0 Å². The van der Waals surface area contributed by atoms with Crippen molar-refractivity contribution in [2.24, 2.45) is 0 Å². The van der Waals surface area contributed by atoms with Crippen molar-refractivity contribution >= 4 is 17.5 Å². The van der Waals surface area contributed by atoms with Gasteiger partial charge in [-0.25, -0.2) is 0 Å². The largest absolute Gasteiger partial charge is 0.416 e. The molecular formula is C14H15ClF3NO. The zero-order chi connectivity index (χ0) is 14.8. The monoisotopic (exact) mass is 305 g/mol. The molecule has 1 aliphatic rings. The van der Waals surface area contributed by atoms with Crippen LogP contribution in [0.2, 0.25) is 0 Å². The third kappa shape index (κ3) is 3.66. The number of halogens is 4. The van der Waals surface area contributed by atoms with Gasteiger partial charge in [0.1, 0.15) is 0 Å². The van der Waals surface area contributed by atoms with Gasteiger partial charge in [-0.1, -0.05) is 18.9 Å². The van der Waals surface area contributed by atoms with Gasteiger partial charge in [-0.2, -0.15) is 13.2 Å². The van der Waals surface area contributed by atoms with Crippen molar-refractivity contribution < 1.29 is 18.0 Å². The molecule has 1 N–H and O–H groups in total. The van der Waals surface area contributed by atoms with E-state index < -0.39 is 17.6 Å². The second-order valence-electron chi connectivity index (χ2n) is 4.96. The Hall–Kier alpha value is -1.23. The molecule has 0 aromatic heterocycles. The quantitative estimate of drug-likeness (QED) is 0.823. The van der Waals surface area contributed by atoms with Crippen molar-refractivity contribution in [3.05, 3.63) is 35.4 Å². The van der Waals surface area contributed by atoms with Gasteiger partial charge in [-0.3, -0.25) is 4.79 Å². The van der Waals surface area contributed by atoms with Crippen molar-refractivity contribution in [3.63, 3.8) is 0 Å². The van der Waals surface area contributed by atoms with E-state index >= 15 is 0 Å². The predicted octanol–water partition coefficient (Wildman–Crippen LogP) is 3.99. The van der Waals surface area contributed by atoms with E-state index in [0.717, 1.165) is 37.8 Å². The fourth-order valence-corrected chi connectivity index (χ4v) is 2.68. The van der Waals surface area contributed by atoms with Crippen molar-refractivity contribution in [1.82, 2.24) is 5.32 Å². The summed E-state index contributed by atoms with van der Waals surface area (Å²) in [6.45, 7) is 0. The number of nitrogens with one attached hydrogen (secondary N) is 1. The first-order valence-electron chi connectivity index (χ1n) is 6.50. The van der Waals surface area contributed by atoms with Crippen LogP contribution in [0.5, 0.6) is 0 Å². The summed E-state index contributed by atoms with van der Waals surface area (Å²) in [5, 5.41) is 2.57. The standard InChI is InChI=1S/C14H15ClF3NO/c15-11-6-1-2-7-12(11)19-13(20)9-4-3-5-10(8-9)14(16,17)18/h3-5,8,11-12H,1-2,6-7H2,(H,19,20). The molecule has 0 heterocycles. The second kappa shape index (κ2) is 6.04. The number of rotatable bonds is 2. The molecule has 2 nitrogen and oxygen atoms in total. The summed E-state index contributed by atoms with van der Waals surface area (Å²) >= 11 is 6.12. The number of carbonyl (C=O) groups is 1. The number of hydrogen-bond donors (Lipinski definition) is 1. The van der Waals surface area contributed by atoms with E-state index in [1.165, 1.54) is 12.1 Å². The smallest absolute Gasteiger partial charge is 0.348 e. The fourth-order valence-electron chi connectivity index (χ4n) is 2.34. The van der Waals surface area contributed by atoms with Crippen LogP contribution < -0.4 is 5.32 Å². The van der Waals surface area contributed by atoms with Crippen LogP contribution in [-0.4, -0.2) is 17.3 Å². The molecule has 1 aromatic carbocycles. The van der Waals surface area contributed by atoms with Crippen molar-refractivity contribution in [2.45, 2.75) is 43.3 Å². The fraction of sp³-hybridized carbons (Fsp3) is 0.500. The topological polar surface area (TPSA) is 29.1 Å². The average Bonchev–Trinajstić information content (AvgIpc) is 2.40. The SMILES string of the molecule is O=C(NC1CCCCC1Cl)c1cccc(C(F)(F)F)c1. The first-order chi connectivity index (χ1) is 9.38. The summed E-state index contributed by atoms with van der Waals surface area (Å²) in [4.78, 5) is 12.0. The van der Waals surface area contributed by atoms with Gasteiger partial charge < -0.3 is 5.32 Å². The molecule has 2 rings (SSSR count). The van der Waals surface area contributed by atoms with Crippen LogP contribution in [0.25, 0.3) is 0 Å². The maximum absolute atomic E-state index is 12.6. The van der Waals surface area contributed by atoms with Gasteiger partial charge in [0, 0.05) is 11.6 Å². The zero-order valence-electron chi connectivity index (χ0n) is 10.7. The van der Waals surface area contributed by atoms with E-state index in [9.17, 15) is 18.0 Å². The average molecular weight is 306 g/mol. The van der Waals surface area contributed by atoms with Gasteiger partial charge in [-0.15, -0.1) is 11.6 Å². The Bertz CT molecular complexity index is 490. The molecule has 6 heteroatoms. The lowest BCUT2D eigenvalue weighted by Gasteiger charge is -2.27. The Morgan fingerprint density at radius 2 is 1.95 bits per heavy atom. The number of carbonyl (C=O) groups excluding carboxylic acids is 1. The molecule has 2 atom stereocenters. The van der Waals surface area contributed by atoms with E-state index in [1.807, 2.05) is 0 Å². The van der Waals surface area contributed by atoms with Crippen LogP contribution in [0.4, 0.5) is 13.2 Å². The molecule has 1 fully saturated rings. The lowest BCUT2D eigenvalue weighted by atomic mass is 9.94. The summed E-state index contributed by atoms with van der Waals surface area (Å²) < 4.78 is 37.8. The van der Waals surface area contributed by atoms with Gasteiger partial charge in [0.15, 0.2) is 0 Å². The third-order valence-electron chi connectivity index (χ3n) is 3.45. The van der Waals surface area contributed by atoms with E-state index in [-0.39, 0.29) is 17.0 Å². The van der Waals surface area contributed by atoms with Crippen LogP contribution in [0, 0.1) is 0 Å². The van der Waals surface area contributed by atoms with Gasteiger partial charge in [0.05, 0.1) is 10.9 Å². The molecule has 0 radical (unpaired) electrons. The molecule has 1 aromatic rings. The van der Waals surface area contributed by atoms with Crippen LogP contribution in [-0.2, 0) is 6.18 Å². The molecule has 0 aliphatic heterocycles. The highest BCUT2D eigenvalue weighted by Gasteiger charge is 2.31. The third-order valence-corrected chi connectivity index (χ3v) is 3.97. The predicted molar refractivity (Wildman–Crippen MR) is 70.8 cm³/mol. The van der Waals surface area contributed by atoms with Crippen molar-refractivity contribution in [2.75, 3.05) is 0 Å². The van der Waals surface area contributed by atoms with E-state index in [0.29, 0.717) is 0 Å². The molecule has 20 heavy (non-hydrogen) atoms. The van der Waals surface area contributed by atoms with Crippen molar-refractivity contribution in [3.8, 4) is 0 Å². The number of hydrogen-bond acceptors (Lipinski definition) is 1. The molecule has 110 valence electrons. The molecule has 0 saturated heterocycles. The van der Waals surface area contributed by atoms with Gasteiger partial charge in [-0.05, 0) is 31.0 Å². The van der Waals surface area contributed by atoms with Gasteiger partial charge in [0.2, 0.25) is 0 Å². The minimum Gasteiger partial charge on any atom is -0.348 e. The summed E-state index contributed by atoms with van der Waals surface area (Å²) in [6, 6.07) is 4.24. The lowest BCUT2D eigenvalue weighted by molar-refractivity contribution is -0.137. The minimum absolute atomic E-state index is 0.00858. The minimum atomic E-state index is -4.45. The van der Waals surface area contributed by atoms with Crippen LogP contribution in [0.1, 0.15) is 41.6 Å². The summed E-state index contributed by atoms with van der Waals surface area (Å²) in [5.41, 5.74) is -0.814. The molecule has 1 aliphatic carbocycles. The molecule has 0 bridgehead atoms. The Morgan fingerprint density at radius 1 is 1.25 bits per heavy atom. The molecular weight excluding hydrogens is 291 g/mol. The van der Waals surface area contributed by atoms with Crippen LogP contribution in [0.3, 0.4) is 0 Å². The zero-order valence-corrected chi connectivity index (χ0v) is 11.5. The Balaban J connectivity index is 2.09. The van der Waals surface area contributed by atoms with Gasteiger partial charge >= 0.3 is 6.18 Å². The highest BCUT2D eigenvalue weighted by atomic mass is 35.5. The maximum atomic E-state index is 12.6. The number of amides is 1. The summed E-state index contributed by atoms with van der Waals surface area (Å²) in [6.07, 6.45) is -0.884. The molecule has 1 amide bonds.